The summed E-state index contributed by atoms with van der Waals surface area (Å²) >= 11 is -2.62. The summed E-state index contributed by atoms with van der Waals surface area (Å²) in [7, 11) is -3.97. The van der Waals surface area contributed by atoms with E-state index >= 15 is 0 Å². The summed E-state index contributed by atoms with van der Waals surface area (Å²) in [6, 6.07) is 6.53. The Morgan fingerprint density at radius 3 is 1.91 bits per heavy atom. The summed E-state index contributed by atoms with van der Waals surface area (Å²) in [5.74, 6) is 0.277. The Morgan fingerprint density at radius 1 is 1.09 bits per heavy atom. The molecule has 2 atom stereocenters. The van der Waals surface area contributed by atoms with E-state index < -0.39 is 21.3 Å². The van der Waals surface area contributed by atoms with Crippen LogP contribution in [-0.4, -0.2) is 17.2 Å². The number of nitrogens with one attached hydrogen (secondary N) is 1. The maximum Gasteiger partial charge on any atom is 0.253 e. The number of benzene rings is 1. The van der Waals surface area contributed by atoms with E-state index in [0.29, 0.717) is 0 Å². The second kappa shape index (κ2) is 7.01. The van der Waals surface area contributed by atoms with Gasteiger partial charge in [0, 0.05) is 0 Å². The minimum absolute atomic E-state index is 0.0212. The Labute approximate surface area is 142 Å². The molecule has 0 aliphatic carbocycles. The molecule has 0 bridgehead atoms. The first-order valence-corrected chi connectivity index (χ1v) is 10.0. The molecule has 0 saturated heterocycles. The smallest absolute Gasteiger partial charge is 0.253 e. The number of rotatable bonds is 5. The largest absolute Gasteiger partial charge is 0.293 e. The first kappa shape index (κ1) is 20.3. The zero-order chi connectivity index (χ0) is 18.1. The molecule has 1 aromatic rings. The Hall–Kier alpha value is -0.760. The highest BCUT2D eigenvalue weighted by atomic mass is 32.3. The van der Waals surface area contributed by atoms with Crippen LogP contribution in [0.5, 0.6) is 0 Å². The van der Waals surface area contributed by atoms with Crippen LogP contribution < -0.4 is 4.13 Å². The monoisotopic (exact) mass is 361 g/mol. The molecule has 1 unspecified atom stereocenters. The highest BCUT2D eigenvalue weighted by Crippen LogP contribution is 2.43. The van der Waals surface area contributed by atoms with E-state index in [4.69, 9.17) is 4.55 Å². The Kier molecular flexibility index (Phi) is 6.18. The summed E-state index contributed by atoms with van der Waals surface area (Å²) in [5, 5.41) is 0. The Bertz CT molecular complexity index is 653. The van der Waals surface area contributed by atoms with Crippen LogP contribution in [0.25, 0.3) is 0 Å². The number of hydrogen-bond acceptors (Lipinski definition) is 3. The molecule has 0 aromatic heterocycles. The zero-order valence-electron chi connectivity index (χ0n) is 14.6. The second-order valence-electron chi connectivity index (χ2n) is 8.09. The van der Waals surface area contributed by atoms with Gasteiger partial charge >= 0.3 is 0 Å². The third-order valence-electron chi connectivity index (χ3n) is 3.64. The number of hydrogen-bond donors (Lipinski definition) is 2. The standard InChI is InChI=1S/C16H27NO4S2/c1-15(2,3)11-14(16(4,5)6)12-7-9-13(10-8-12)23(20,21)17-22(18)19/h7-10,14,17H,11H2,1-6H3,(H,18,19)/t14-/m1/s1. The number of sulfonamides is 1. The SMILES string of the molecule is CC(C)(C)C[C@H](c1ccc(S(=O)(=O)NS(=O)O)cc1)C(C)(C)C. The third-order valence-corrected chi connectivity index (χ3v) is 5.98. The van der Waals surface area contributed by atoms with Gasteiger partial charge in [-0.2, -0.15) is 0 Å². The van der Waals surface area contributed by atoms with Crippen LogP contribution in [0.15, 0.2) is 29.2 Å². The molecule has 1 aromatic carbocycles. The van der Waals surface area contributed by atoms with Gasteiger partial charge in [0.1, 0.15) is 0 Å². The maximum absolute atomic E-state index is 11.9. The molecule has 5 nitrogen and oxygen atoms in total. The van der Waals surface area contributed by atoms with Crippen molar-refractivity contribution < 1.29 is 17.2 Å². The van der Waals surface area contributed by atoms with E-state index in [0.717, 1.165) is 12.0 Å². The van der Waals surface area contributed by atoms with Gasteiger partial charge in [0.2, 0.25) is 11.3 Å². The van der Waals surface area contributed by atoms with Gasteiger partial charge in [0.25, 0.3) is 10.0 Å². The summed E-state index contributed by atoms with van der Waals surface area (Å²) in [5.41, 5.74) is 1.26. The van der Waals surface area contributed by atoms with Crippen LogP contribution in [0, 0.1) is 10.8 Å². The third kappa shape index (κ3) is 6.33. The van der Waals surface area contributed by atoms with E-state index in [1.54, 1.807) is 16.3 Å². The molecule has 0 aliphatic heterocycles. The molecule has 2 N–H and O–H groups in total. The van der Waals surface area contributed by atoms with E-state index in [1.807, 2.05) is 0 Å². The van der Waals surface area contributed by atoms with Gasteiger partial charge in [-0.15, -0.1) is 4.13 Å². The average molecular weight is 362 g/mol. The van der Waals surface area contributed by atoms with Crippen molar-refractivity contribution in [2.45, 2.75) is 58.8 Å². The van der Waals surface area contributed by atoms with E-state index in [-0.39, 0.29) is 21.6 Å². The van der Waals surface area contributed by atoms with Gasteiger partial charge in [0.05, 0.1) is 4.90 Å². The average Bonchev–Trinajstić information content (AvgIpc) is 2.32. The summed E-state index contributed by atoms with van der Waals surface area (Å²) in [6.07, 6.45) is 0.974. The molecule has 132 valence electrons. The fraction of sp³-hybridized carbons (Fsp3) is 0.625. The molecule has 1 rings (SSSR count). The van der Waals surface area contributed by atoms with Crippen LogP contribution >= 0.6 is 0 Å². The van der Waals surface area contributed by atoms with Gasteiger partial charge in [-0.3, -0.25) is 4.55 Å². The molecule has 0 amide bonds. The molecular formula is C16H27NO4S2. The van der Waals surface area contributed by atoms with Gasteiger partial charge in [-0.05, 0) is 40.9 Å². The van der Waals surface area contributed by atoms with Crippen LogP contribution in [0.2, 0.25) is 0 Å². The predicted molar refractivity (Wildman–Crippen MR) is 93.8 cm³/mol. The van der Waals surface area contributed by atoms with Crippen LogP contribution in [0.4, 0.5) is 0 Å². The van der Waals surface area contributed by atoms with Crippen molar-refractivity contribution in [3.8, 4) is 0 Å². The normalized spacial score (nSPS) is 16.1. The summed E-state index contributed by atoms with van der Waals surface area (Å²) in [6.45, 7) is 13.1. The minimum Gasteiger partial charge on any atom is -0.293 e. The van der Waals surface area contributed by atoms with E-state index in [1.165, 1.54) is 12.1 Å². The fourth-order valence-corrected chi connectivity index (χ4v) is 4.19. The van der Waals surface area contributed by atoms with Crippen LogP contribution in [-0.2, 0) is 21.3 Å². The van der Waals surface area contributed by atoms with Crippen LogP contribution in [0.3, 0.4) is 0 Å². The second-order valence-corrected chi connectivity index (χ2v) is 10.7. The molecule has 0 fully saturated rings. The van der Waals surface area contributed by atoms with E-state index in [9.17, 15) is 12.6 Å². The highest BCUT2D eigenvalue weighted by molar-refractivity contribution is 8.00. The van der Waals surface area contributed by atoms with Gasteiger partial charge in [-0.1, -0.05) is 53.7 Å². The first-order chi connectivity index (χ1) is 10.2. The fourth-order valence-electron chi connectivity index (χ4n) is 2.56. The van der Waals surface area contributed by atoms with Gasteiger partial charge < -0.3 is 0 Å². The predicted octanol–water partition coefficient (Wildman–Crippen LogP) is 3.67. The molecule has 0 saturated carbocycles. The molecule has 0 radical (unpaired) electrons. The lowest BCUT2D eigenvalue weighted by Crippen LogP contribution is -2.26. The Morgan fingerprint density at radius 2 is 1.57 bits per heavy atom. The van der Waals surface area contributed by atoms with Crippen molar-refractivity contribution >= 4 is 21.3 Å². The molecule has 7 heteroatoms. The summed E-state index contributed by atoms with van der Waals surface area (Å²) in [4.78, 5) is -0.0212. The lowest BCUT2D eigenvalue weighted by atomic mass is 9.69. The zero-order valence-corrected chi connectivity index (χ0v) is 16.2. The van der Waals surface area contributed by atoms with Crippen LogP contribution in [0.1, 0.15) is 59.4 Å². The van der Waals surface area contributed by atoms with Crippen molar-refractivity contribution in [3.63, 3.8) is 0 Å². The minimum atomic E-state index is -3.97. The van der Waals surface area contributed by atoms with Crippen molar-refractivity contribution in [2.75, 3.05) is 0 Å². The van der Waals surface area contributed by atoms with Crippen molar-refractivity contribution in [1.29, 1.82) is 0 Å². The summed E-state index contributed by atoms with van der Waals surface area (Å²) < 4.78 is 44.8. The van der Waals surface area contributed by atoms with Crippen molar-refractivity contribution in [3.05, 3.63) is 29.8 Å². The highest BCUT2D eigenvalue weighted by Gasteiger charge is 2.30. The quantitative estimate of drug-likeness (QED) is 0.784. The van der Waals surface area contributed by atoms with E-state index in [2.05, 4.69) is 41.5 Å². The topological polar surface area (TPSA) is 83.5 Å². The molecule has 0 spiro atoms. The van der Waals surface area contributed by atoms with Gasteiger partial charge in [-0.25, -0.2) is 12.6 Å². The Balaban J connectivity index is 3.16. The van der Waals surface area contributed by atoms with Crippen molar-refractivity contribution in [2.24, 2.45) is 10.8 Å². The lowest BCUT2D eigenvalue weighted by Gasteiger charge is -2.36. The molecule has 23 heavy (non-hydrogen) atoms. The molecular weight excluding hydrogens is 334 g/mol. The first-order valence-electron chi connectivity index (χ1n) is 7.46. The maximum atomic E-state index is 11.9. The lowest BCUT2D eigenvalue weighted by molar-refractivity contribution is 0.229. The van der Waals surface area contributed by atoms with Gasteiger partial charge in [0.15, 0.2) is 0 Å². The van der Waals surface area contributed by atoms with Crippen molar-refractivity contribution in [1.82, 2.24) is 4.13 Å². The molecule has 0 heterocycles. The molecule has 0 aliphatic rings.